The van der Waals surface area contributed by atoms with Crippen molar-refractivity contribution in [1.29, 1.82) is 0 Å². The third-order valence-electron chi connectivity index (χ3n) is 2.59. The molecule has 2 N–H and O–H groups in total. The molecule has 0 spiro atoms. The summed E-state index contributed by atoms with van der Waals surface area (Å²) >= 11 is 3.39. The fourth-order valence-corrected chi connectivity index (χ4v) is 1.97. The SMILES string of the molecule is COCCNC(=O)c1cnc(Nc2cccc(Br)c2)nc1. The normalized spacial score (nSPS) is 10.2. The minimum atomic E-state index is -0.221. The summed E-state index contributed by atoms with van der Waals surface area (Å²) in [5.74, 6) is 0.211. The molecule has 0 aliphatic carbocycles. The largest absolute Gasteiger partial charge is 0.383 e. The van der Waals surface area contributed by atoms with Gasteiger partial charge in [-0.05, 0) is 18.2 Å². The number of hydrogen-bond acceptors (Lipinski definition) is 5. The number of carbonyl (C=O) groups excluding carboxylic acids is 1. The number of hydrogen-bond donors (Lipinski definition) is 2. The fourth-order valence-electron chi connectivity index (χ4n) is 1.57. The van der Waals surface area contributed by atoms with Gasteiger partial charge in [-0.1, -0.05) is 22.0 Å². The summed E-state index contributed by atoms with van der Waals surface area (Å²) in [4.78, 5) is 20.0. The molecule has 1 heterocycles. The Labute approximate surface area is 131 Å². The van der Waals surface area contributed by atoms with Gasteiger partial charge in [0.2, 0.25) is 5.95 Å². The highest BCUT2D eigenvalue weighted by atomic mass is 79.9. The predicted octanol–water partition coefficient (Wildman–Crippen LogP) is 2.36. The Morgan fingerprint density at radius 3 is 2.76 bits per heavy atom. The zero-order valence-electron chi connectivity index (χ0n) is 11.5. The van der Waals surface area contributed by atoms with E-state index >= 15 is 0 Å². The van der Waals surface area contributed by atoms with Crippen LogP contribution in [0, 0.1) is 0 Å². The molecule has 0 saturated heterocycles. The maximum atomic E-state index is 11.8. The predicted molar refractivity (Wildman–Crippen MR) is 83.7 cm³/mol. The summed E-state index contributed by atoms with van der Waals surface area (Å²) in [6.07, 6.45) is 2.96. The average Bonchev–Trinajstić information content (AvgIpc) is 2.48. The van der Waals surface area contributed by atoms with Crippen LogP contribution in [0.4, 0.5) is 11.6 Å². The summed E-state index contributed by atoms with van der Waals surface area (Å²) in [7, 11) is 1.58. The van der Waals surface area contributed by atoms with Gasteiger partial charge < -0.3 is 15.4 Å². The number of halogens is 1. The number of carbonyl (C=O) groups is 1. The van der Waals surface area contributed by atoms with Crippen LogP contribution in [0.25, 0.3) is 0 Å². The van der Waals surface area contributed by atoms with Gasteiger partial charge in [-0.2, -0.15) is 0 Å². The molecule has 6 nitrogen and oxygen atoms in total. The fraction of sp³-hybridized carbons (Fsp3) is 0.214. The van der Waals surface area contributed by atoms with Crippen LogP contribution < -0.4 is 10.6 Å². The molecule has 0 aliphatic rings. The van der Waals surface area contributed by atoms with E-state index in [0.29, 0.717) is 24.7 Å². The molecule has 1 amide bonds. The average molecular weight is 351 g/mol. The van der Waals surface area contributed by atoms with E-state index in [9.17, 15) is 4.79 Å². The van der Waals surface area contributed by atoms with Crippen molar-refractivity contribution in [2.45, 2.75) is 0 Å². The molecule has 1 aromatic heterocycles. The van der Waals surface area contributed by atoms with E-state index in [2.05, 4.69) is 36.5 Å². The summed E-state index contributed by atoms with van der Waals surface area (Å²) < 4.78 is 5.82. The number of anilines is 2. The van der Waals surface area contributed by atoms with Gasteiger partial charge in [0.15, 0.2) is 0 Å². The summed E-state index contributed by atoms with van der Waals surface area (Å²) in [5, 5.41) is 5.77. The van der Waals surface area contributed by atoms with Gasteiger partial charge in [0.1, 0.15) is 0 Å². The first-order valence-corrected chi connectivity index (χ1v) is 7.10. The molecule has 0 unspecified atom stereocenters. The van der Waals surface area contributed by atoms with Gasteiger partial charge >= 0.3 is 0 Å². The molecule has 0 bridgehead atoms. The van der Waals surface area contributed by atoms with Crippen LogP contribution in [-0.2, 0) is 4.74 Å². The molecule has 0 saturated carbocycles. The molecular weight excluding hydrogens is 336 g/mol. The lowest BCUT2D eigenvalue weighted by molar-refractivity contribution is 0.0936. The topological polar surface area (TPSA) is 76.1 Å². The summed E-state index contributed by atoms with van der Waals surface area (Å²) in [6.45, 7) is 0.919. The molecule has 110 valence electrons. The van der Waals surface area contributed by atoms with E-state index in [1.165, 1.54) is 12.4 Å². The van der Waals surface area contributed by atoms with Gasteiger partial charge in [-0.15, -0.1) is 0 Å². The number of amides is 1. The number of ether oxygens (including phenoxy) is 1. The third-order valence-corrected chi connectivity index (χ3v) is 3.08. The quantitative estimate of drug-likeness (QED) is 0.782. The van der Waals surface area contributed by atoms with Crippen LogP contribution in [0.1, 0.15) is 10.4 Å². The molecule has 21 heavy (non-hydrogen) atoms. The molecule has 0 atom stereocenters. The van der Waals surface area contributed by atoms with Gasteiger partial charge in [-0.25, -0.2) is 9.97 Å². The minimum Gasteiger partial charge on any atom is -0.383 e. The highest BCUT2D eigenvalue weighted by molar-refractivity contribution is 9.10. The van der Waals surface area contributed by atoms with Crippen LogP contribution in [-0.4, -0.2) is 36.1 Å². The number of methoxy groups -OCH3 is 1. The second-order valence-corrected chi connectivity index (χ2v) is 5.10. The molecular formula is C14H15BrN4O2. The Morgan fingerprint density at radius 2 is 2.10 bits per heavy atom. The van der Waals surface area contributed by atoms with Crippen LogP contribution in [0.2, 0.25) is 0 Å². The number of rotatable bonds is 6. The molecule has 0 aliphatic heterocycles. The molecule has 2 aromatic rings. The van der Waals surface area contributed by atoms with E-state index in [1.807, 2.05) is 24.3 Å². The van der Waals surface area contributed by atoms with Crippen molar-refractivity contribution in [2.24, 2.45) is 0 Å². The molecule has 2 rings (SSSR count). The van der Waals surface area contributed by atoms with Crippen molar-refractivity contribution >= 4 is 33.5 Å². The van der Waals surface area contributed by atoms with E-state index < -0.39 is 0 Å². The number of nitrogens with zero attached hydrogens (tertiary/aromatic N) is 2. The maximum Gasteiger partial charge on any atom is 0.254 e. The van der Waals surface area contributed by atoms with E-state index in [4.69, 9.17) is 4.74 Å². The highest BCUT2D eigenvalue weighted by Gasteiger charge is 2.06. The Balaban J connectivity index is 1.97. The van der Waals surface area contributed by atoms with Crippen LogP contribution >= 0.6 is 15.9 Å². The minimum absolute atomic E-state index is 0.221. The Kier molecular flexibility index (Phi) is 5.65. The van der Waals surface area contributed by atoms with E-state index in [0.717, 1.165) is 10.2 Å². The van der Waals surface area contributed by atoms with Gasteiger partial charge in [0, 0.05) is 36.2 Å². The van der Waals surface area contributed by atoms with Crippen molar-refractivity contribution in [3.05, 3.63) is 46.7 Å². The van der Waals surface area contributed by atoms with Crippen molar-refractivity contribution in [2.75, 3.05) is 25.6 Å². The first-order valence-electron chi connectivity index (χ1n) is 6.31. The molecule has 0 fully saturated rings. The smallest absolute Gasteiger partial charge is 0.254 e. The Morgan fingerprint density at radius 1 is 1.33 bits per heavy atom. The maximum absolute atomic E-state index is 11.8. The lowest BCUT2D eigenvalue weighted by atomic mass is 10.3. The summed E-state index contributed by atoms with van der Waals surface area (Å²) in [6, 6.07) is 7.65. The standard InChI is InChI=1S/C14H15BrN4O2/c1-21-6-5-16-13(20)10-8-17-14(18-9-10)19-12-4-2-3-11(15)7-12/h2-4,7-9H,5-6H2,1H3,(H,16,20)(H,17,18,19). The van der Waals surface area contributed by atoms with Gasteiger partial charge in [-0.3, -0.25) is 4.79 Å². The first kappa shape index (κ1) is 15.4. The van der Waals surface area contributed by atoms with E-state index in [1.54, 1.807) is 7.11 Å². The van der Waals surface area contributed by atoms with Crippen LogP contribution in [0.3, 0.4) is 0 Å². The van der Waals surface area contributed by atoms with Crippen molar-refractivity contribution in [3.8, 4) is 0 Å². The zero-order chi connectivity index (χ0) is 15.1. The molecule has 7 heteroatoms. The van der Waals surface area contributed by atoms with Crippen molar-refractivity contribution in [3.63, 3.8) is 0 Å². The molecule has 1 aromatic carbocycles. The van der Waals surface area contributed by atoms with Gasteiger partial charge in [0.05, 0.1) is 12.2 Å². The number of nitrogens with one attached hydrogen (secondary N) is 2. The van der Waals surface area contributed by atoms with Gasteiger partial charge in [0.25, 0.3) is 5.91 Å². The first-order chi connectivity index (χ1) is 10.2. The zero-order valence-corrected chi connectivity index (χ0v) is 13.1. The van der Waals surface area contributed by atoms with Crippen molar-refractivity contribution < 1.29 is 9.53 Å². The number of benzene rings is 1. The lowest BCUT2D eigenvalue weighted by Gasteiger charge is -2.06. The Bertz CT molecular complexity index is 604. The second-order valence-electron chi connectivity index (χ2n) is 4.18. The monoisotopic (exact) mass is 350 g/mol. The van der Waals surface area contributed by atoms with Crippen LogP contribution in [0.5, 0.6) is 0 Å². The second kappa shape index (κ2) is 7.70. The van der Waals surface area contributed by atoms with Crippen molar-refractivity contribution in [1.82, 2.24) is 15.3 Å². The number of aromatic nitrogens is 2. The third kappa shape index (κ3) is 4.80. The molecule has 0 radical (unpaired) electrons. The van der Waals surface area contributed by atoms with E-state index in [-0.39, 0.29) is 5.91 Å². The highest BCUT2D eigenvalue weighted by Crippen LogP contribution is 2.18. The Hall–Kier alpha value is -1.99. The van der Waals surface area contributed by atoms with Crippen LogP contribution in [0.15, 0.2) is 41.1 Å². The lowest BCUT2D eigenvalue weighted by Crippen LogP contribution is -2.27. The summed E-state index contributed by atoms with van der Waals surface area (Å²) in [5.41, 5.74) is 1.27.